The summed E-state index contributed by atoms with van der Waals surface area (Å²) in [5.41, 5.74) is 2.75. The Labute approximate surface area is 250 Å². The maximum absolute atomic E-state index is 14.0. The molecule has 3 atom stereocenters. The second kappa shape index (κ2) is 11.1. The molecule has 6 rings (SSSR count). The number of para-hydroxylation sites is 2. The van der Waals surface area contributed by atoms with E-state index in [1.807, 2.05) is 37.3 Å². The highest BCUT2D eigenvalue weighted by Crippen LogP contribution is 2.54. The molecule has 42 heavy (non-hydrogen) atoms. The predicted molar refractivity (Wildman–Crippen MR) is 162 cm³/mol. The molecule has 1 aromatic heterocycles. The molecule has 1 fully saturated rings. The number of nitrogens with zero attached hydrogens (tertiary/aromatic N) is 2. The fourth-order valence-electron chi connectivity index (χ4n) is 5.54. The summed E-state index contributed by atoms with van der Waals surface area (Å²) in [5.74, 6) is -1.45. The Kier molecular flexibility index (Phi) is 7.38. The maximum atomic E-state index is 14.0. The molecule has 2 aliphatic heterocycles. The van der Waals surface area contributed by atoms with Gasteiger partial charge in [-0.15, -0.1) is 0 Å². The lowest BCUT2D eigenvalue weighted by atomic mass is 9.83. The summed E-state index contributed by atoms with van der Waals surface area (Å²) in [7, 11) is 3.06. The van der Waals surface area contributed by atoms with Crippen molar-refractivity contribution < 1.29 is 23.9 Å². The normalized spacial score (nSPS) is 19.3. The number of hydrogen-bond acceptors (Lipinski definition) is 8. The van der Waals surface area contributed by atoms with Crippen LogP contribution in [0, 0.1) is 12.8 Å². The Hall–Kier alpha value is -4.35. The van der Waals surface area contributed by atoms with Gasteiger partial charge in [-0.3, -0.25) is 23.7 Å². The quantitative estimate of drug-likeness (QED) is 0.307. The van der Waals surface area contributed by atoms with E-state index in [1.54, 1.807) is 42.5 Å². The maximum Gasteiger partial charge on any atom is 0.308 e. The van der Waals surface area contributed by atoms with Crippen molar-refractivity contribution in [3.63, 3.8) is 0 Å². The van der Waals surface area contributed by atoms with Gasteiger partial charge in [-0.05, 0) is 48.4 Å². The number of benzene rings is 3. The lowest BCUT2D eigenvalue weighted by molar-refractivity contribution is -0.122. The highest BCUT2D eigenvalue weighted by molar-refractivity contribution is 8.00. The predicted octanol–water partition coefficient (Wildman–Crippen LogP) is 4.67. The zero-order valence-corrected chi connectivity index (χ0v) is 24.7. The molecular weight excluding hydrogens is 574 g/mol. The number of amides is 3. The third-order valence-corrected chi connectivity index (χ3v) is 10.2. The van der Waals surface area contributed by atoms with Crippen molar-refractivity contribution in [1.29, 1.82) is 0 Å². The third-order valence-electron chi connectivity index (χ3n) is 7.55. The topological polar surface area (TPSA) is 107 Å². The molecule has 1 saturated heterocycles. The van der Waals surface area contributed by atoms with Gasteiger partial charge in [0, 0.05) is 16.5 Å². The standard InChI is InChI=1S/C31H27N3O6S2/c1-17-9-7-8-12-20(17)32-23(35)16-33-30-27(42-31(33)38)24(18-13-14-21(39-2)22(15-18)40-3)25-26(41-30)29(37)34(28(25)36)19-10-5-4-6-11-19/h4-15,24-26H,16H2,1-3H3,(H,32,35). The molecule has 2 aliphatic rings. The van der Waals surface area contributed by atoms with Crippen molar-refractivity contribution in [3.8, 4) is 11.5 Å². The highest BCUT2D eigenvalue weighted by Gasteiger charge is 2.57. The largest absolute Gasteiger partial charge is 0.493 e. The van der Waals surface area contributed by atoms with Crippen molar-refractivity contribution in [1.82, 2.24) is 4.57 Å². The summed E-state index contributed by atoms with van der Waals surface area (Å²) < 4.78 is 12.4. The van der Waals surface area contributed by atoms with E-state index in [1.165, 1.54) is 35.4 Å². The number of thioether (sulfide) groups is 1. The van der Waals surface area contributed by atoms with Crippen LogP contribution in [0.3, 0.4) is 0 Å². The zero-order valence-electron chi connectivity index (χ0n) is 23.0. The molecule has 9 nitrogen and oxygen atoms in total. The summed E-state index contributed by atoms with van der Waals surface area (Å²) in [6.07, 6.45) is 0. The van der Waals surface area contributed by atoms with E-state index in [0.29, 0.717) is 38.3 Å². The zero-order chi connectivity index (χ0) is 29.5. The lowest BCUT2D eigenvalue weighted by Crippen LogP contribution is -2.33. The number of methoxy groups -OCH3 is 2. The third kappa shape index (κ3) is 4.68. The van der Waals surface area contributed by atoms with Crippen molar-refractivity contribution in [2.75, 3.05) is 24.4 Å². The van der Waals surface area contributed by atoms with Crippen molar-refractivity contribution in [3.05, 3.63) is 98.5 Å². The number of fused-ring (bicyclic) bond motifs is 2. The first-order valence-electron chi connectivity index (χ1n) is 13.2. The summed E-state index contributed by atoms with van der Waals surface area (Å²) in [4.78, 5) is 55.9. The van der Waals surface area contributed by atoms with Gasteiger partial charge in [-0.1, -0.05) is 65.6 Å². The fraction of sp³-hybridized carbons (Fsp3) is 0.226. The number of carbonyl (C=O) groups is 3. The van der Waals surface area contributed by atoms with Crippen LogP contribution in [0.1, 0.15) is 21.9 Å². The van der Waals surface area contributed by atoms with E-state index in [2.05, 4.69) is 5.32 Å². The summed E-state index contributed by atoms with van der Waals surface area (Å²) in [6.45, 7) is 1.66. The van der Waals surface area contributed by atoms with Crippen molar-refractivity contribution in [2.45, 2.75) is 29.7 Å². The molecule has 3 heterocycles. The SMILES string of the molecule is COc1ccc(C2c3sc(=O)n(CC(=O)Nc4ccccc4C)c3SC3C(=O)N(c4ccccc4)C(=O)C32)cc1OC. The Morgan fingerprint density at radius 3 is 2.33 bits per heavy atom. The van der Waals surface area contributed by atoms with Crippen LogP contribution < -0.4 is 24.6 Å². The number of hydrogen-bond donors (Lipinski definition) is 1. The van der Waals surface area contributed by atoms with Gasteiger partial charge in [-0.25, -0.2) is 4.90 Å². The first-order chi connectivity index (χ1) is 20.3. The van der Waals surface area contributed by atoms with Gasteiger partial charge in [0.25, 0.3) is 0 Å². The van der Waals surface area contributed by atoms with Crippen LogP contribution >= 0.6 is 23.1 Å². The van der Waals surface area contributed by atoms with Gasteiger partial charge in [0.15, 0.2) is 11.5 Å². The molecule has 214 valence electrons. The minimum atomic E-state index is -0.789. The number of rotatable bonds is 7. The molecule has 3 aromatic carbocycles. The molecular formula is C31H27N3O6S2. The number of carbonyl (C=O) groups excluding carboxylic acids is 3. The van der Waals surface area contributed by atoms with Gasteiger partial charge in [0.05, 0.1) is 30.9 Å². The number of ether oxygens (including phenoxy) is 2. The van der Waals surface area contributed by atoms with Crippen LogP contribution in [0.4, 0.5) is 11.4 Å². The average Bonchev–Trinajstić information content (AvgIpc) is 3.44. The van der Waals surface area contributed by atoms with Gasteiger partial charge in [0.2, 0.25) is 17.7 Å². The first kappa shape index (κ1) is 27.8. The summed E-state index contributed by atoms with van der Waals surface area (Å²) >= 11 is 2.17. The van der Waals surface area contributed by atoms with E-state index in [0.717, 1.165) is 16.9 Å². The second-order valence-corrected chi connectivity index (χ2v) is 12.1. The minimum Gasteiger partial charge on any atom is -0.493 e. The van der Waals surface area contributed by atoms with E-state index in [-0.39, 0.29) is 29.1 Å². The van der Waals surface area contributed by atoms with Crippen LogP contribution in [0.5, 0.6) is 11.5 Å². The summed E-state index contributed by atoms with van der Waals surface area (Å²) in [6, 6.07) is 21.6. The highest BCUT2D eigenvalue weighted by atomic mass is 32.2. The molecule has 11 heteroatoms. The molecule has 0 bridgehead atoms. The Bertz CT molecular complexity index is 1770. The number of aryl methyl sites for hydroxylation is 1. The molecule has 0 saturated carbocycles. The number of imide groups is 1. The molecule has 1 N–H and O–H groups in total. The van der Waals surface area contributed by atoms with E-state index >= 15 is 0 Å². The number of aromatic nitrogens is 1. The molecule has 0 aliphatic carbocycles. The monoisotopic (exact) mass is 601 g/mol. The molecule has 3 amide bonds. The van der Waals surface area contributed by atoms with Gasteiger partial charge < -0.3 is 14.8 Å². The number of anilines is 2. The molecule has 3 unspecified atom stereocenters. The number of nitrogens with one attached hydrogen (secondary N) is 1. The Balaban J connectivity index is 1.45. The van der Waals surface area contributed by atoms with Crippen LogP contribution in [0.15, 0.2) is 82.6 Å². The van der Waals surface area contributed by atoms with Crippen LogP contribution in [-0.2, 0) is 20.9 Å². The van der Waals surface area contributed by atoms with Crippen LogP contribution in [0.2, 0.25) is 0 Å². The average molecular weight is 602 g/mol. The van der Waals surface area contributed by atoms with Gasteiger partial charge >= 0.3 is 4.87 Å². The molecule has 0 spiro atoms. The van der Waals surface area contributed by atoms with Crippen molar-refractivity contribution >= 4 is 52.2 Å². The van der Waals surface area contributed by atoms with Gasteiger partial charge in [-0.2, -0.15) is 0 Å². The second-order valence-electron chi connectivity index (χ2n) is 9.99. The van der Waals surface area contributed by atoms with Crippen LogP contribution in [-0.4, -0.2) is 41.8 Å². The van der Waals surface area contributed by atoms with E-state index < -0.39 is 17.1 Å². The number of thiazole rings is 1. The summed E-state index contributed by atoms with van der Waals surface area (Å²) in [5, 5.41) is 2.61. The Morgan fingerprint density at radius 2 is 1.62 bits per heavy atom. The van der Waals surface area contributed by atoms with Crippen molar-refractivity contribution in [2.24, 2.45) is 5.92 Å². The first-order valence-corrected chi connectivity index (χ1v) is 14.9. The van der Waals surface area contributed by atoms with Crippen LogP contribution in [0.25, 0.3) is 0 Å². The smallest absolute Gasteiger partial charge is 0.308 e. The lowest BCUT2D eigenvalue weighted by Gasteiger charge is -2.31. The van der Waals surface area contributed by atoms with E-state index in [9.17, 15) is 19.2 Å². The van der Waals surface area contributed by atoms with Gasteiger partial charge in [0.1, 0.15) is 11.8 Å². The fourth-order valence-corrected chi connectivity index (χ4v) is 8.31. The minimum absolute atomic E-state index is 0.230. The molecule has 0 radical (unpaired) electrons. The Morgan fingerprint density at radius 1 is 0.905 bits per heavy atom. The molecule has 4 aromatic rings. The van der Waals surface area contributed by atoms with E-state index in [4.69, 9.17) is 9.47 Å².